The molecule has 1 saturated heterocycles. The minimum atomic E-state index is -0.473. The van der Waals surface area contributed by atoms with Crippen molar-refractivity contribution in [3.05, 3.63) is 23.4 Å². The number of nitriles is 1. The van der Waals surface area contributed by atoms with Crippen LogP contribution in [0.15, 0.2) is 17.2 Å². The summed E-state index contributed by atoms with van der Waals surface area (Å²) < 4.78 is 0. The molecule has 19 heavy (non-hydrogen) atoms. The number of imide groups is 1. The van der Waals surface area contributed by atoms with Crippen molar-refractivity contribution in [2.75, 3.05) is 5.75 Å². The Balaban J connectivity index is 2.02. The van der Waals surface area contributed by atoms with Crippen molar-refractivity contribution in [3.63, 3.8) is 0 Å². The molecule has 0 aromatic carbocycles. The molecule has 1 fully saturated rings. The Bertz CT molecular complexity index is 551. The number of amides is 3. The standard InChI is InChI=1S/C12H12N4O2S/c1-7-2-3-8(5-13)11(14-7)19-6-9-4-10(17)16-12(18)15-9/h2-3,9H,4,6H2,1H3,(H2,15,16,17,18). The van der Waals surface area contributed by atoms with Gasteiger partial charge in [-0.15, -0.1) is 11.8 Å². The fourth-order valence-corrected chi connectivity index (χ4v) is 2.72. The summed E-state index contributed by atoms with van der Waals surface area (Å²) in [5.74, 6) is 0.219. The van der Waals surface area contributed by atoms with E-state index in [2.05, 4.69) is 21.7 Å². The van der Waals surface area contributed by atoms with Crippen molar-refractivity contribution in [1.29, 1.82) is 5.26 Å². The van der Waals surface area contributed by atoms with E-state index in [0.29, 0.717) is 16.3 Å². The van der Waals surface area contributed by atoms with Crippen LogP contribution in [0.2, 0.25) is 0 Å². The molecule has 2 heterocycles. The Morgan fingerprint density at radius 1 is 1.53 bits per heavy atom. The fraction of sp³-hybridized carbons (Fsp3) is 0.333. The molecule has 0 spiro atoms. The Morgan fingerprint density at radius 3 is 3.00 bits per heavy atom. The molecule has 3 amide bonds. The quantitative estimate of drug-likeness (QED) is 0.801. The smallest absolute Gasteiger partial charge is 0.321 e. The van der Waals surface area contributed by atoms with Crippen molar-refractivity contribution in [3.8, 4) is 6.07 Å². The summed E-state index contributed by atoms with van der Waals surface area (Å²) in [4.78, 5) is 26.7. The van der Waals surface area contributed by atoms with Crippen LogP contribution in [0.3, 0.4) is 0 Å². The van der Waals surface area contributed by atoms with Gasteiger partial charge >= 0.3 is 6.03 Å². The summed E-state index contributed by atoms with van der Waals surface area (Å²) >= 11 is 1.37. The summed E-state index contributed by atoms with van der Waals surface area (Å²) in [7, 11) is 0. The number of urea groups is 1. The highest BCUT2D eigenvalue weighted by Crippen LogP contribution is 2.22. The van der Waals surface area contributed by atoms with Gasteiger partial charge in [0.2, 0.25) is 5.91 Å². The second kappa shape index (κ2) is 5.71. The van der Waals surface area contributed by atoms with Gasteiger partial charge in [0.1, 0.15) is 11.1 Å². The summed E-state index contributed by atoms with van der Waals surface area (Å²) in [6.07, 6.45) is 0.243. The topological polar surface area (TPSA) is 94.9 Å². The van der Waals surface area contributed by atoms with E-state index in [-0.39, 0.29) is 18.4 Å². The maximum Gasteiger partial charge on any atom is 0.321 e. The monoisotopic (exact) mass is 276 g/mol. The predicted octanol–water partition coefficient (Wildman–Crippen LogP) is 0.952. The molecular weight excluding hydrogens is 264 g/mol. The molecule has 0 saturated carbocycles. The molecule has 2 N–H and O–H groups in total. The maximum atomic E-state index is 11.2. The molecule has 2 rings (SSSR count). The van der Waals surface area contributed by atoms with E-state index in [1.807, 2.05) is 6.92 Å². The fourth-order valence-electron chi connectivity index (χ4n) is 1.68. The summed E-state index contributed by atoms with van der Waals surface area (Å²) in [5.41, 5.74) is 1.33. The number of nitrogens with one attached hydrogen (secondary N) is 2. The molecule has 1 unspecified atom stereocenters. The Hall–Kier alpha value is -2.07. The zero-order valence-corrected chi connectivity index (χ0v) is 11.1. The van der Waals surface area contributed by atoms with Gasteiger partial charge in [0.05, 0.1) is 5.56 Å². The molecule has 1 aliphatic rings. The number of rotatable bonds is 3. The molecule has 6 nitrogen and oxygen atoms in total. The Kier molecular flexibility index (Phi) is 4.02. The number of pyridine rings is 1. The number of carbonyl (C=O) groups excluding carboxylic acids is 2. The third-order valence-electron chi connectivity index (χ3n) is 2.56. The van der Waals surface area contributed by atoms with Crippen LogP contribution >= 0.6 is 11.8 Å². The first-order chi connectivity index (χ1) is 9.08. The van der Waals surface area contributed by atoms with Crippen LogP contribution < -0.4 is 10.6 Å². The van der Waals surface area contributed by atoms with E-state index >= 15 is 0 Å². The molecule has 7 heteroatoms. The normalized spacial score (nSPS) is 18.4. The van der Waals surface area contributed by atoms with Crippen LogP contribution in [0, 0.1) is 18.3 Å². The zero-order chi connectivity index (χ0) is 13.8. The molecule has 0 bridgehead atoms. The van der Waals surface area contributed by atoms with Crippen molar-refractivity contribution >= 4 is 23.7 Å². The molecule has 1 aliphatic heterocycles. The van der Waals surface area contributed by atoms with E-state index in [1.54, 1.807) is 12.1 Å². The van der Waals surface area contributed by atoms with Gasteiger partial charge in [0.25, 0.3) is 0 Å². The highest BCUT2D eigenvalue weighted by molar-refractivity contribution is 7.99. The Morgan fingerprint density at radius 2 is 2.32 bits per heavy atom. The third kappa shape index (κ3) is 3.45. The first-order valence-electron chi connectivity index (χ1n) is 5.69. The molecule has 0 radical (unpaired) electrons. The van der Waals surface area contributed by atoms with E-state index < -0.39 is 6.03 Å². The number of carbonyl (C=O) groups is 2. The van der Waals surface area contributed by atoms with Crippen molar-refractivity contribution in [2.24, 2.45) is 0 Å². The molecule has 1 atom stereocenters. The summed E-state index contributed by atoms with van der Waals surface area (Å²) in [6, 6.07) is 4.86. The summed E-state index contributed by atoms with van der Waals surface area (Å²) in [5, 5.41) is 14.5. The summed E-state index contributed by atoms with van der Waals surface area (Å²) in [6.45, 7) is 1.85. The number of thioether (sulfide) groups is 1. The second-order valence-electron chi connectivity index (χ2n) is 4.15. The van der Waals surface area contributed by atoms with Crippen LogP contribution in [0.4, 0.5) is 4.79 Å². The van der Waals surface area contributed by atoms with Gasteiger partial charge in [0, 0.05) is 23.9 Å². The maximum absolute atomic E-state index is 11.2. The van der Waals surface area contributed by atoms with Gasteiger partial charge in [-0.2, -0.15) is 5.26 Å². The van der Waals surface area contributed by atoms with Gasteiger partial charge in [-0.05, 0) is 19.1 Å². The number of hydrogen-bond acceptors (Lipinski definition) is 5. The molecule has 1 aromatic heterocycles. The van der Waals surface area contributed by atoms with Crippen LogP contribution in [0.5, 0.6) is 0 Å². The SMILES string of the molecule is Cc1ccc(C#N)c(SCC2CC(=O)NC(=O)N2)n1. The van der Waals surface area contributed by atoms with Gasteiger partial charge in [0.15, 0.2) is 0 Å². The Labute approximate surface area is 114 Å². The van der Waals surface area contributed by atoms with Gasteiger partial charge < -0.3 is 5.32 Å². The van der Waals surface area contributed by atoms with E-state index in [4.69, 9.17) is 5.26 Å². The van der Waals surface area contributed by atoms with Crippen molar-refractivity contribution in [2.45, 2.75) is 24.4 Å². The minimum Gasteiger partial charge on any atom is -0.334 e. The van der Waals surface area contributed by atoms with E-state index in [9.17, 15) is 9.59 Å². The van der Waals surface area contributed by atoms with Crippen LogP contribution in [-0.4, -0.2) is 28.7 Å². The van der Waals surface area contributed by atoms with Gasteiger partial charge in [-0.3, -0.25) is 10.1 Å². The first-order valence-corrected chi connectivity index (χ1v) is 6.68. The predicted molar refractivity (Wildman–Crippen MR) is 69.5 cm³/mol. The highest BCUT2D eigenvalue weighted by atomic mass is 32.2. The average Bonchev–Trinajstić information content (AvgIpc) is 2.35. The minimum absolute atomic E-state index is 0.236. The molecular formula is C12H12N4O2S. The number of aromatic nitrogens is 1. The van der Waals surface area contributed by atoms with Gasteiger partial charge in [-0.25, -0.2) is 9.78 Å². The number of aryl methyl sites for hydroxylation is 1. The lowest BCUT2D eigenvalue weighted by molar-refractivity contribution is -0.121. The zero-order valence-electron chi connectivity index (χ0n) is 10.3. The first kappa shape index (κ1) is 13.4. The molecule has 98 valence electrons. The van der Waals surface area contributed by atoms with Crippen molar-refractivity contribution < 1.29 is 9.59 Å². The number of nitrogens with zero attached hydrogens (tertiary/aromatic N) is 2. The molecule has 0 aliphatic carbocycles. The largest absolute Gasteiger partial charge is 0.334 e. The van der Waals surface area contributed by atoms with Gasteiger partial charge in [-0.1, -0.05) is 0 Å². The van der Waals surface area contributed by atoms with Crippen LogP contribution in [0.25, 0.3) is 0 Å². The second-order valence-corrected chi connectivity index (χ2v) is 5.16. The third-order valence-corrected chi connectivity index (χ3v) is 3.71. The average molecular weight is 276 g/mol. The van der Waals surface area contributed by atoms with E-state index in [1.165, 1.54) is 11.8 Å². The highest BCUT2D eigenvalue weighted by Gasteiger charge is 2.24. The number of hydrogen-bond donors (Lipinski definition) is 2. The lowest BCUT2D eigenvalue weighted by atomic mass is 10.2. The lowest BCUT2D eigenvalue weighted by Gasteiger charge is -2.22. The van der Waals surface area contributed by atoms with Crippen LogP contribution in [-0.2, 0) is 4.79 Å². The lowest BCUT2D eigenvalue weighted by Crippen LogP contribution is -2.53. The van der Waals surface area contributed by atoms with Crippen LogP contribution in [0.1, 0.15) is 17.7 Å². The van der Waals surface area contributed by atoms with Crippen molar-refractivity contribution in [1.82, 2.24) is 15.6 Å². The van der Waals surface area contributed by atoms with E-state index in [0.717, 1.165) is 5.69 Å². The molecule has 1 aromatic rings.